The fourth-order valence-corrected chi connectivity index (χ4v) is 1.40. The predicted molar refractivity (Wildman–Crippen MR) is 70.7 cm³/mol. The number of aliphatic hydroxyl groups excluding tert-OH is 1. The number of ether oxygens (including phenoxy) is 1. The van der Waals surface area contributed by atoms with E-state index in [0.29, 0.717) is 0 Å². The average Bonchev–Trinajstić information content (AvgIpc) is 2.12. The largest absolute Gasteiger partial charge is 0.480 e. The standard InChI is InChI=1S/C13H25NO5/c1-12(2,3)10(16)9(11(17)18)14-7-8(15)19-13(4,5)6/h9-10,14,16H,7H2,1-6H3,(H,17,18). The summed E-state index contributed by atoms with van der Waals surface area (Å²) in [5.74, 6) is -1.76. The van der Waals surface area contributed by atoms with E-state index < -0.39 is 35.1 Å². The third-order valence-corrected chi connectivity index (χ3v) is 2.36. The average molecular weight is 275 g/mol. The van der Waals surface area contributed by atoms with E-state index in [-0.39, 0.29) is 6.54 Å². The molecule has 0 aromatic carbocycles. The van der Waals surface area contributed by atoms with Crippen LogP contribution < -0.4 is 5.32 Å². The summed E-state index contributed by atoms with van der Waals surface area (Å²) in [6.45, 7) is 10.1. The molecular weight excluding hydrogens is 250 g/mol. The molecule has 0 aromatic rings. The highest BCUT2D eigenvalue weighted by Gasteiger charge is 2.35. The van der Waals surface area contributed by atoms with E-state index in [1.54, 1.807) is 41.5 Å². The lowest BCUT2D eigenvalue weighted by Gasteiger charge is -2.31. The van der Waals surface area contributed by atoms with Gasteiger partial charge in [0, 0.05) is 0 Å². The summed E-state index contributed by atoms with van der Waals surface area (Å²) < 4.78 is 5.06. The van der Waals surface area contributed by atoms with Gasteiger partial charge in [-0.3, -0.25) is 14.9 Å². The third kappa shape index (κ3) is 7.12. The van der Waals surface area contributed by atoms with Crippen LogP contribution in [0.1, 0.15) is 41.5 Å². The van der Waals surface area contributed by atoms with Gasteiger partial charge in [-0.2, -0.15) is 0 Å². The Hall–Kier alpha value is -1.14. The molecule has 112 valence electrons. The summed E-state index contributed by atoms with van der Waals surface area (Å²) in [7, 11) is 0. The Morgan fingerprint density at radius 3 is 1.95 bits per heavy atom. The highest BCUT2D eigenvalue weighted by molar-refractivity contribution is 5.77. The molecule has 0 aliphatic carbocycles. The van der Waals surface area contributed by atoms with Gasteiger partial charge in [-0.1, -0.05) is 20.8 Å². The second-order valence-electron chi connectivity index (χ2n) is 6.59. The molecule has 6 heteroatoms. The van der Waals surface area contributed by atoms with Gasteiger partial charge in [-0.05, 0) is 26.2 Å². The van der Waals surface area contributed by atoms with Crippen molar-refractivity contribution in [3.05, 3.63) is 0 Å². The summed E-state index contributed by atoms with van der Waals surface area (Å²) in [6, 6.07) is -1.22. The Morgan fingerprint density at radius 2 is 1.63 bits per heavy atom. The van der Waals surface area contributed by atoms with Gasteiger partial charge in [0.1, 0.15) is 11.6 Å². The molecule has 0 aliphatic heterocycles. The van der Waals surface area contributed by atoms with Crippen molar-refractivity contribution in [2.75, 3.05) is 6.54 Å². The van der Waals surface area contributed by atoms with Crippen LogP contribution in [0.5, 0.6) is 0 Å². The van der Waals surface area contributed by atoms with Gasteiger partial charge in [0.25, 0.3) is 0 Å². The molecule has 2 unspecified atom stereocenters. The van der Waals surface area contributed by atoms with Crippen molar-refractivity contribution in [2.45, 2.75) is 59.3 Å². The fourth-order valence-electron chi connectivity index (χ4n) is 1.40. The Bertz CT molecular complexity index is 327. The maximum absolute atomic E-state index is 11.5. The van der Waals surface area contributed by atoms with Crippen molar-refractivity contribution < 1.29 is 24.5 Å². The first-order valence-electron chi connectivity index (χ1n) is 6.20. The summed E-state index contributed by atoms with van der Waals surface area (Å²) >= 11 is 0. The van der Waals surface area contributed by atoms with Gasteiger partial charge in [0.15, 0.2) is 0 Å². The summed E-state index contributed by atoms with van der Waals surface area (Å²) in [4.78, 5) is 22.6. The highest BCUT2D eigenvalue weighted by atomic mass is 16.6. The van der Waals surface area contributed by atoms with Gasteiger partial charge >= 0.3 is 11.9 Å². The van der Waals surface area contributed by atoms with Crippen LogP contribution in [0.15, 0.2) is 0 Å². The lowest BCUT2D eigenvalue weighted by molar-refractivity contribution is -0.154. The van der Waals surface area contributed by atoms with E-state index in [4.69, 9.17) is 9.84 Å². The highest BCUT2D eigenvalue weighted by Crippen LogP contribution is 2.22. The van der Waals surface area contributed by atoms with Gasteiger partial charge < -0.3 is 14.9 Å². The summed E-state index contributed by atoms with van der Waals surface area (Å²) in [5, 5.41) is 21.6. The molecule has 6 nitrogen and oxygen atoms in total. The van der Waals surface area contributed by atoms with Crippen molar-refractivity contribution in [2.24, 2.45) is 5.41 Å². The predicted octanol–water partition coefficient (Wildman–Crippen LogP) is 0.778. The molecule has 0 fully saturated rings. The van der Waals surface area contributed by atoms with E-state index in [1.807, 2.05) is 0 Å². The van der Waals surface area contributed by atoms with E-state index >= 15 is 0 Å². The number of rotatable bonds is 5. The molecule has 0 saturated heterocycles. The third-order valence-electron chi connectivity index (χ3n) is 2.36. The molecule has 0 spiro atoms. The normalized spacial score (nSPS) is 15.7. The molecule has 0 aliphatic rings. The van der Waals surface area contributed by atoms with Crippen LogP contribution in [0.25, 0.3) is 0 Å². The molecule has 2 atom stereocenters. The van der Waals surface area contributed by atoms with Crippen molar-refractivity contribution in [3.63, 3.8) is 0 Å². The lowest BCUT2D eigenvalue weighted by Crippen LogP contribution is -2.53. The molecule has 0 saturated carbocycles. The Balaban J connectivity index is 4.55. The molecule has 0 aromatic heterocycles. The number of carbonyl (C=O) groups is 2. The number of hydrogen-bond donors (Lipinski definition) is 3. The smallest absolute Gasteiger partial charge is 0.323 e. The zero-order valence-corrected chi connectivity index (χ0v) is 12.5. The minimum absolute atomic E-state index is 0.263. The molecule has 0 amide bonds. The quantitative estimate of drug-likeness (QED) is 0.642. The van der Waals surface area contributed by atoms with Crippen LogP contribution in [0.3, 0.4) is 0 Å². The first-order chi connectivity index (χ1) is 8.34. The zero-order chi connectivity index (χ0) is 15.4. The lowest BCUT2D eigenvalue weighted by atomic mass is 9.84. The molecule has 0 heterocycles. The number of hydrogen-bond acceptors (Lipinski definition) is 5. The van der Waals surface area contributed by atoms with Crippen LogP contribution in [0, 0.1) is 5.41 Å². The number of carboxylic acid groups (broad SMARTS) is 1. The zero-order valence-electron chi connectivity index (χ0n) is 12.5. The minimum Gasteiger partial charge on any atom is -0.480 e. The molecule has 0 rings (SSSR count). The van der Waals surface area contributed by atoms with Crippen molar-refractivity contribution in [1.82, 2.24) is 5.32 Å². The molecule has 3 N–H and O–H groups in total. The summed E-state index contributed by atoms with van der Waals surface area (Å²) in [6.07, 6.45) is -1.12. The van der Waals surface area contributed by atoms with Crippen LogP contribution in [0.2, 0.25) is 0 Å². The summed E-state index contributed by atoms with van der Waals surface area (Å²) in [5.41, 5.74) is -1.23. The van der Waals surface area contributed by atoms with E-state index in [0.717, 1.165) is 0 Å². The van der Waals surface area contributed by atoms with Gasteiger partial charge in [0.05, 0.1) is 12.6 Å². The number of carbonyl (C=O) groups excluding carboxylic acids is 1. The SMILES string of the molecule is CC(C)(C)OC(=O)CNC(C(=O)O)C(O)C(C)(C)C. The minimum atomic E-state index is -1.22. The molecular formula is C13H25NO5. The molecule has 0 bridgehead atoms. The van der Waals surface area contributed by atoms with Gasteiger partial charge in [-0.25, -0.2) is 0 Å². The van der Waals surface area contributed by atoms with Crippen LogP contribution >= 0.6 is 0 Å². The van der Waals surface area contributed by atoms with Crippen molar-refractivity contribution in [3.8, 4) is 0 Å². The Labute approximate surface area is 114 Å². The number of aliphatic hydroxyl groups is 1. The molecule has 19 heavy (non-hydrogen) atoms. The first-order valence-corrected chi connectivity index (χ1v) is 6.20. The van der Waals surface area contributed by atoms with Crippen LogP contribution in [-0.4, -0.2) is 46.4 Å². The second-order valence-corrected chi connectivity index (χ2v) is 6.59. The number of esters is 1. The van der Waals surface area contributed by atoms with E-state index in [2.05, 4.69) is 5.32 Å². The van der Waals surface area contributed by atoms with Crippen molar-refractivity contribution in [1.29, 1.82) is 0 Å². The maximum Gasteiger partial charge on any atom is 0.323 e. The van der Waals surface area contributed by atoms with E-state index in [9.17, 15) is 14.7 Å². The fraction of sp³-hybridized carbons (Fsp3) is 0.846. The van der Waals surface area contributed by atoms with E-state index in [1.165, 1.54) is 0 Å². The van der Waals surface area contributed by atoms with Gasteiger partial charge in [0.2, 0.25) is 0 Å². The Kier molecular flexibility index (Phi) is 5.96. The van der Waals surface area contributed by atoms with Crippen molar-refractivity contribution >= 4 is 11.9 Å². The maximum atomic E-state index is 11.5. The second kappa shape index (κ2) is 6.34. The molecule has 0 radical (unpaired) electrons. The van der Waals surface area contributed by atoms with Gasteiger partial charge in [-0.15, -0.1) is 0 Å². The number of nitrogens with one attached hydrogen (secondary N) is 1. The van der Waals surface area contributed by atoms with Crippen LogP contribution in [0.4, 0.5) is 0 Å². The van der Waals surface area contributed by atoms with Crippen LogP contribution in [-0.2, 0) is 14.3 Å². The number of aliphatic carboxylic acids is 1. The number of carboxylic acids is 1. The monoisotopic (exact) mass is 275 g/mol. The first kappa shape index (κ1) is 17.9. The Morgan fingerprint density at radius 1 is 1.16 bits per heavy atom. The topological polar surface area (TPSA) is 95.9 Å².